The van der Waals surface area contributed by atoms with Crippen molar-refractivity contribution in [1.29, 1.82) is 0 Å². The number of benzene rings is 2. The predicted molar refractivity (Wildman–Crippen MR) is 102 cm³/mol. The molecule has 3 heteroatoms. The molecule has 1 aromatic heterocycles. The first-order valence-corrected chi connectivity index (χ1v) is 8.73. The van der Waals surface area contributed by atoms with E-state index in [9.17, 15) is 4.79 Å². The van der Waals surface area contributed by atoms with E-state index >= 15 is 0 Å². The van der Waals surface area contributed by atoms with E-state index in [1.807, 2.05) is 49.4 Å². The van der Waals surface area contributed by atoms with Crippen molar-refractivity contribution in [2.45, 2.75) is 33.1 Å². The number of furan rings is 1. The number of aryl methyl sites for hydroxylation is 2. The summed E-state index contributed by atoms with van der Waals surface area (Å²) in [4.78, 5) is 12.6. The lowest BCUT2D eigenvalue weighted by atomic mass is 10.1. The van der Waals surface area contributed by atoms with Gasteiger partial charge in [0.2, 0.25) is 0 Å². The fourth-order valence-electron chi connectivity index (χ4n) is 2.79. The summed E-state index contributed by atoms with van der Waals surface area (Å²) < 4.78 is 5.76. The van der Waals surface area contributed by atoms with Crippen molar-refractivity contribution in [3.8, 4) is 11.3 Å². The van der Waals surface area contributed by atoms with Crippen molar-refractivity contribution in [2.75, 3.05) is 5.32 Å². The summed E-state index contributed by atoms with van der Waals surface area (Å²) in [6.07, 6.45) is 3.44. The fourth-order valence-corrected chi connectivity index (χ4v) is 2.79. The lowest BCUT2D eigenvalue weighted by Gasteiger charge is -2.06. The largest absolute Gasteiger partial charge is 0.461 e. The number of nitrogens with one attached hydrogen (secondary N) is 1. The van der Waals surface area contributed by atoms with Crippen molar-refractivity contribution in [3.05, 3.63) is 77.6 Å². The van der Waals surface area contributed by atoms with Gasteiger partial charge in [0.1, 0.15) is 11.5 Å². The van der Waals surface area contributed by atoms with Gasteiger partial charge in [0.25, 0.3) is 5.91 Å². The van der Waals surface area contributed by atoms with Crippen molar-refractivity contribution in [1.82, 2.24) is 0 Å². The van der Waals surface area contributed by atoms with Crippen molar-refractivity contribution >= 4 is 11.6 Å². The normalized spacial score (nSPS) is 10.6. The third-order valence-corrected chi connectivity index (χ3v) is 4.25. The molecule has 0 fully saturated rings. The number of hydrogen-bond acceptors (Lipinski definition) is 2. The Morgan fingerprint density at radius 2 is 1.76 bits per heavy atom. The summed E-state index contributed by atoms with van der Waals surface area (Å²) in [6, 6.07) is 19.6. The number of hydrogen-bond donors (Lipinski definition) is 1. The van der Waals surface area contributed by atoms with E-state index in [0.717, 1.165) is 17.7 Å². The van der Waals surface area contributed by atoms with E-state index in [-0.39, 0.29) is 5.91 Å². The Morgan fingerprint density at radius 1 is 1.04 bits per heavy atom. The molecule has 0 bridgehead atoms. The molecule has 3 rings (SSSR count). The van der Waals surface area contributed by atoms with Crippen molar-refractivity contribution in [3.63, 3.8) is 0 Å². The van der Waals surface area contributed by atoms with E-state index in [1.165, 1.54) is 18.4 Å². The number of unbranched alkanes of at least 4 members (excludes halogenated alkanes) is 1. The highest BCUT2D eigenvalue weighted by Crippen LogP contribution is 2.26. The molecule has 0 aliphatic heterocycles. The Balaban J connectivity index is 1.72. The fraction of sp³-hybridized carbons (Fsp3) is 0.227. The van der Waals surface area contributed by atoms with Gasteiger partial charge in [-0.25, -0.2) is 0 Å². The molecule has 0 spiro atoms. The van der Waals surface area contributed by atoms with Crippen LogP contribution in [0.3, 0.4) is 0 Å². The number of carbonyl (C=O) groups excluding carboxylic acids is 1. The van der Waals surface area contributed by atoms with E-state index in [4.69, 9.17) is 4.42 Å². The minimum Gasteiger partial charge on any atom is -0.461 e. The Bertz CT molecular complexity index is 832. The zero-order chi connectivity index (χ0) is 17.6. The summed E-state index contributed by atoms with van der Waals surface area (Å²) in [7, 11) is 0. The number of rotatable bonds is 6. The maximum Gasteiger partial charge on any atom is 0.259 e. The third-order valence-electron chi connectivity index (χ3n) is 4.25. The van der Waals surface area contributed by atoms with Gasteiger partial charge >= 0.3 is 0 Å². The maximum absolute atomic E-state index is 12.6. The van der Waals surface area contributed by atoms with Gasteiger partial charge in [-0.1, -0.05) is 55.8 Å². The van der Waals surface area contributed by atoms with Gasteiger partial charge in [0.15, 0.2) is 0 Å². The van der Waals surface area contributed by atoms with Crippen molar-refractivity contribution in [2.24, 2.45) is 0 Å². The van der Waals surface area contributed by atoms with Crippen LogP contribution in [0.5, 0.6) is 0 Å². The highest BCUT2D eigenvalue weighted by atomic mass is 16.3. The molecule has 0 saturated carbocycles. The SMILES string of the molecule is CCCCc1ccc(NC(=O)c2cc(-c3ccccc3)oc2C)cc1. The van der Waals surface area contributed by atoms with Crippen LogP contribution in [0.1, 0.15) is 41.4 Å². The molecule has 25 heavy (non-hydrogen) atoms. The lowest BCUT2D eigenvalue weighted by molar-refractivity contribution is 0.102. The summed E-state index contributed by atoms with van der Waals surface area (Å²) in [5.41, 5.74) is 3.62. The summed E-state index contributed by atoms with van der Waals surface area (Å²) in [6.45, 7) is 4.00. The van der Waals surface area contributed by atoms with Gasteiger partial charge in [-0.3, -0.25) is 4.79 Å². The Morgan fingerprint density at radius 3 is 2.44 bits per heavy atom. The second-order valence-electron chi connectivity index (χ2n) is 6.20. The first kappa shape index (κ1) is 17.0. The predicted octanol–water partition coefficient (Wildman–Crippen LogP) is 5.85. The quantitative estimate of drug-likeness (QED) is 0.615. The van der Waals surface area contributed by atoms with Gasteiger partial charge in [-0.05, 0) is 43.5 Å². The smallest absolute Gasteiger partial charge is 0.259 e. The van der Waals surface area contributed by atoms with Gasteiger partial charge in [0.05, 0.1) is 5.56 Å². The molecule has 2 aromatic carbocycles. The Labute approximate surface area is 148 Å². The molecule has 1 amide bonds. The minimum atomic E-state index is -0.148. The van der Waals surface area contributed by atoms with Gasteiger partial charge in [0, 0.05) is 11.3 Å². The molecule has 1 N–H and O–H groups in total. The van der Waals surface area contributed by atoms with Crippen LogP contribution in [0.15, 0.2) is 65.1 Å². The molecule has 0 atom stereocenters. The van der Waals surface area contributed by atoms with Crippen LogP contribution in [0, 0.1) is 6.92 Å². The summed E-state index contributed by atoms with van der Waals surface area (Å²) in [5, 5.41) is 2.95. The molecule has 0 radical (unpaired) electrons. The van der Waals surface area contributed by atoms with Crippen LogP contribution in [-0.4, -0.2) is 5.91 Å². The molecule has 0 aliphatic rings. The molecular formula is C22H23NO2. The molecule has 3 aromatic rings. The monoisotopic (exact) mass is 333 g/mol. The topological polar surface area (TPSA) is 42.2 Å². The molecule has 0 saturated heterocycles. The van der Waals surface area contributed by atoms with E-state index in [1.54, 1.807) is 6.07 Å². The minimum absolute atomic E-state index is 0.148. The highest BCUT2D eigenvalue weighted by molar-refractivity contribution is 6.05. The standard InChI is InChI=1S/C22H23NO2/c1-3-4-8-17-11-13-19(14-12-17)23-22(24)20-15-21(25-16(20)2)18-9-6-5-7-10-18/h5-7,9-15H,3-4,8H2,1-2H3,(H,23,24). The van der Waals surface area contributed by atoms with Crippen molar-refractivity contribution < 1.29 is 9.21 Å². The van der Waals surface area contributed by atoms with E-state index in [2.05, 4.69) is 24.4 Å². The average molecular weight is 333 g/mol. The molecule has 3 nitrogen and oxygen atoms in total. The van der Waals surface area contributed by atoms with Crippen LogP contribution in [0.25, 0.3) is 11.3 Å². The maximum atomic E-state index is 12.6. The molecule has 128 valence electrons. The first-order chi connectivity index (χ1) is 12.2. The van der Waals surface area contributed by atoms with Crippen LogP contribution >= 0.6 is 0 Å². The molecule has 1 heterocycles. The summed E-state index contributed by atoms with van der Waals surface area (Å²) in [5.74, 6) is 1.18. The van der Waals surface area contributed by atoms with Crippen LogP contribution in [0.2, 0.25) is 0 Å². The third kappa shape index (κ3) is 4.18. The first-order valence-electron chi connectivity index (χ1n) is 8.73. The Hall–Kier alpha value is -2.81. The molecule has 0 unspecified atom stereocenters. The number of carbonyl (C=O) groups is 1. The summed E-state index contributed by atoms with van der Waals surface area (Å²) >= 11 is 0. The van der Waals surface area contributed by atoms with E-state index < -0.39 is 0 Å². The zero-order valence-electron chi connectivity index (χ0n) is 14.7. The zero-order valence-corrected chi connectivity index (χ0v) is 14.7. The Kier molecular flexibility index (Phi) is 5.34. The van der Waals surface area contributed by atoms with Gasteiger partial charge in [-0.15, -0.1) is 0 Å². The molecular weight excluding hydrogens is 310 g/mol. The second kappa shape index (κ2) is 7.84. The molecule has 0 aliphatic carbocycles. The van der Waals surface area contributed by atoms with Crippen LogP contribution in [0.4, 0.5) is 5.69 Å². The van der Waals surface area contributed by atoms with Gasteiger partial charge < -0.3 is 9.73 Å². The number of anilines is 1. The van der Waals surface area contributed by atoms with Gasteiger partial charge in [-0.2, -0.15) is 0 Å². The number of amides is 1. The lowest BCUT2D eigenvalue weighted by Crippen LogP contribution is -2.12. The second-order valence-corrected chi connectivity index (χ2v) is 6.20. The van der Waals surface area contributed by atoms with E-state index in [0.29, 0.717) is 17.1 Å². The van der Waals surface area contributed by atoms with Crippen LogP contribution < -0.4 is 5.32 Å². The highest BCUT2D eigenvalue weighted by Gasteiger charge is 2.16. The van der Waals surface area contributed by atoms with Crippen LogP contribution in [-0.2, 0) is 6.42 Å². The average Bonchev–Trinajstić information content (AvgIpc) is 3.04.